The van der Waals surface area contributed by atoms with Gasteiger partial charge in [0, 0.05) is 47.6 Å². The van der Waals surface area contributed by atoms with E-state index in [1.165, 1.54) is 18.2 Å². The van der Waals surface area contributed by atoms with Crippen molar-refractivity contribution in [3.8, 4) is 5.75 Å². The standard InChI is InChI=1S/C34H41ClFN5O2/c1-4-41(5-2)19-9-18-39-33-28-14-13-25(35)21-30(28)40-34-29(33)22-27(43-3)23-31(34)37-16-6-7-17-38-32(42)15-12-24-10-8-11-26(36)20-24/h8,10-15,20-23,37H,4-7,9,16-19H2,1-3H3,(H,38,42)(H,39,40)/b15-12+. The summed E-state index contributed by atoms with van der Waals surface area (Å²) in [6.07, 6.45) is 5.67. The number of nitrogens with zero attached hydrogens (tertiary/aromatic N) is 2. The molecule has 1 heterocycles. The lowest BCUT2D eigenvalue weighted by molar-refractivity contribution is -0.116. The van der Waals surface area contributed by atoms with E-state index in [1.807, 2.05) is 30.3 Å². The summed E-state index contributed by atoms with van der Waals surface area (Å²) in [4.78, 5) is 19.6. The van der Waals surface area contributed by atoms with Crippen molar-refractivity contribution < 1.29 is 13.9 Å². The summed E-state index contributed by atoms with van der Waals surface area (Å²) in [6.45, 7) is 9.56. The molecular weight excluding hydrogens is 565 g/mol. The molecule has 7 nitrogen and oxygen atoms in total. The van der Waals surface area contributed by atoms with Gasteiger partial charge in [-0.25, -0.2) is 9.37 Å². The van der Waals surface area contributed by atoms with Gasteiger partial charge in [-0.3, -0.25) is 4.79 Å². The van der Waals surface area contributed by atoms with Gasteiger partial charge in [-0.15, -0.1) is 0 Å². The second-order valence-corrected chi connectivity index (χ2v) is 10.8. The smallest absolute Gasteiger partial charge is 0.243 e. The fourth-order valence-corrected chi connectivity index (χ4v) is 5.18. The van der Waals surface area contributed by atoms with Gasteiger partial charge in [0.25, 0.3) is 0 Å². The monoisotopic (exact) mass is 605 g/mol. The number of unbranched alkanes of at least 4 members (excludes halogenated alkanes) is 1. The lowest BCUT2D eigenvalue weighted by Crippen LogP contribution is -2.25. The highest BCUT2D eigenvalue weighted by atomic mass is 35.5. The van der Waals surface area contributed by atoms with Crippen molar-refractivity contribution in [1.29, 1.82) is 0 Å². The number of hydrogen-bond donors (Lipinski definition) is 3. The zero-order valence-corrected chi connectivity index (χ0v) is 25.9. The Morgan fingerprint density at radius 2 is 1.77 bits per heavy atom. The SMILES string of the molecule is CCN(CC)CCCNc1c2ccc(Cl)cc2nc2c(NCCCCNC(=O)/C=C/c3cccc(F)c3)cc(OC)cc12. The van der Waals surface area contributed by atoms with Gasteiger partial charge in [0.1, 0.15) is 11.6 Å². The number of benzene rings is 3. The molecule has 0 bridgehead atoms. The van der Waals surface area contributed by atoms with Crippen molar-refractivity contribution in [2.45, 2.75) is 33.1 Å². The fraction of sp³-hybridized carbons (Fsp3) is 0.353. The van der Waals surface area contributed by atoms with E-state index in [4.69, 9.17) is 21.3 Å². The minimum Gasteiger partial charge on any atom is -0.497 e. The van der Waals surface area contributed by atoms with Crippen LogP contribution in [0.2, 0.25) is 5.02 Å². The molecule has 0 spiro atoms. The predicted molar refractivity (Wildman–Crippen MR) is 178 cm³/mol. The highest BCUT2D eigenvalue weighted by Gasteiger charge is 2.15. The van der Waals surface area contributed by atoms with Crippen molar-refractivity contribution in [1.82, 2.24) is 15.2 Å². The van der Waals surface area contributed by atoms with E-state index >= 15 is 0 Å². The van der Waals surface area contributed by atoms with Crippen LogP contribution < -0.4 is 20.7 Å². The third-order valence-corrected chi connectivity index (χ3v) is 7.63. The minimum absolute atomic E-state index is 0.206. The summed E-state index contributed by atoms with van der Waals surface area (Å²) in [5, 5.41) is 12.7. The number of rotatable bonds is 16. The average Bonchev–Trinajstić information content (AvgIpc) is 3.01. The van der Waals surface area contributed by atoms with Gasteiger partial charge in [0.05, 0.1) is 29.5 Å². The maximum Gasteiger partial charge on any atom is 0.243 e. The number of nitrogens with one attached hydrogen (secondary N) is 3. The van der Waals surface area contributed by atoms with Gasteiger partial charge in [-0.1, -0.05) is 37.6 Å². The molecule has 9 heteroatoms. The Morgan fingerprint density at radius 3 is 2.53 bits per heavy atom. The zero-order valence-electron chi connectivity index (χ0n) is 25.2. The topological polar surface area (TPSA) is 78.5 Å². The number of anilines is 2. The van der Waals surface area contributed by atoms with Crippen molar-refractivity contribution in [2.75, 3.05) is 57.0 Å². The summed E-state index contributed by atoms with van der Waals surface area (Å²) in [7, 11) is 1.67. The molecule has 0 aliphatic rings. The molecule has 0 unspecified atom stereocenters. The van der Waals surface area contributed by atoms with Crippen molar-refractivity contribution in [3.63, 3.8) is 0 Å². The maximum absolute atomic E-state index is 13.3. The second-order valence-electron chi connectivity index (χ2n) is 10.3. The minimum atomic E-state index is -0.329. The van der Waals surface area contributed by atoms with Gasteiger partial charge in [-0.2, -0.15) is 0 Å². The van der Waals surface area contributed by atoms with E-state index in [-0.39, 0.29) is 11.7 Å². The Hall–Kier alpha value is -3.88. The van der Waals surface area contributed by atoms with E-state index in [9.17, 15) is 9.18 Å². The lowest BCUT2D eigenvalue weighted by Gasteiger charge is -2.20. The van der Waals surface area contributed by atoms with E-state index in [1.54, 1.807) is 25.3 Å². The molecule has 0 aliphatic carbocycles. The highest BCUT2D eigenvalue weighted by molar-refractivity contribution is 6.31. The zero-order chi connectivity index (χ0) is 30.6. The number of carbonyl (C=O) groups excluding carboxylic acids is 1. The first kappa shape index (κ1) is 32.0. The number of carbonyl (C=O) groups is 1. The van der Waals surface area contributed by atoms with Crippen LogP contribution in [0.25, 0.3) is 27.9 Å². The molecule has 0 aliphatic heterocycles. The summed E-state index contributed by atoms with van der Waals surface area (Å²) >= 11 is 6.36. The quantitative estimate of drug-likeness (QED) is 0.0704. The normalized spacial score (nSPS) is 11.5. The van der Waals surface area contributed by atoms with E-state index in [2.05, 4.69) is 34.7 Å². The first-order chi connectivity index (χ1) is 20.9. The highest BCUT2D eigenvalue weighted by Crippen LogP contribution is 2.38. The van der Waals surface area contributed by atoms with Crippen molar-refractivity contribution in [2.24, 2.45) is 0 Å². The Kier molecular flexibility index (Phi) is 12.0. The third-order valence-electron chi connectivity index (χ3n) is 7.39. The van der Waals surface area contributed by atoms with Gasteiger partial charge in [0.2, 0.25) is 5.91 Å². The molecule has 4 rings (SSSR count). The molecule has 0 atom stereocenters. The number of halogens is 2. The van der Waals surface area contributed by atoms with Crippen LogP contribution in [0.4, 0.5) is 15.8 Å². The molecule has 0 saturated heterocycles. The number of hydrogen-bond acceptors (Lipinski definition) is 6. The van der Waals surface area contributed by atoms with Crippen LogP contribution in [0.15, 0.2) is 60.7 Å². The van der Waals surface area contributed by atoms with Crippen LogP contribution in [-0.4, -0.2) is 62.2 Å². The Labute approximate surface area is 258 Å². The van der Waals surface area contributed by atoms with Gasteiger partial charge < -0.3 is 25.6 Å². The van der Waals surface area contributed by atoms with Crippen LogP contribution >= 0.6 is 11.6 Å². The van der Waals surface area contributed by atoms with E-state index < -0.39 is 0 Å². The van der Waals surface area contributed by atoms with Crippen molar-refractivity contribution >= 4 is 56.8 Å². The summed E-state index contributed by atoms with van der Waals surface area (Å²) in [5.41, 5.74) is 4.22. The summed E-state index contributed by atoms with van der Waals surface area (Å²) < 4.78 is 19.0. The summed E-state index contributed by atoms with van der Waals surface area (Å²) in [6, 6.07) is 15.9. The predicted octanol–water partition coefficient (Wildman–Crippen LogP) is 7.35. The van der Waals surface area contributed by atoms with Crippen LogP contribution in [0, 0.1) is 5.82 Å². The largest absolute Gasteiger partial charge is 0.497 e. The van der Waals surface area contributed by atoms with Gasteiger partial charge >= 0.3 is 0 Å². The number of ether oxygens (including phenoxy) is 1. The molecule has 0 radical (unpaired) electrons. The van der Waals surface area contributed by atoms with Gasteiger partial charge in [-0.05, 0) is 86.9 Å². The number of amides is 1. The number of pyridine rings is 1. The number of methoxy groups -OCH3 is 1. The second kappa shape index (κ2) is 16.1. The lowest BCUT2D eigenvalue weighted by atomic mass is 10.1. The third kappa shape index (κ3) is 9.05. The number of fused-ring (bicyclic) bond motifs is 2. The molecule has 1 aromatic heterocycles. The Balaban J connectivity index is 1.42. The molecule has 4 aromatic rings. The molecule has 0 saturated carbocycles. The molecule has 0 fully saturated rings. The molecule has 1 amide bonds. The van der Waals surface area contributed by atoms with E-state index in [0.29, 0.717) is 23.7 Å². The van der Waals surface area contributed by atoms with Crippen LogP contribution in [0.5, 0.6) is 5.75 Å². The number of aromatic nitrogens is 1. The van der Waals surface area contributed by atoms with Crippen LogP contribution in [0.1, 0.15) is 38.7 Å². The molecule has 3 aromatic carbocycles. The van der Waals surface area contributed by atoms with E-state index in [0.717, 1.165) is 84.4 Å². The Morgan fingerprint density at radius 1 is 0.977 bits per heavy atom. The fourth-order valence-electron chi connectivity index (χ4n) is 5.02. The first-order valence-electron chi connectivity index (χ1n) is 14.9. The van der Waals surface area contributed by atoms with Gasteiger partial charge in [0.15, 0.2) is 0 Å². The molecule has 228 valence electrons. The molecule has 43 heavy (non-hydrogen) atoms. The maximum atomic E-state index is 13.3. The first-order valence-corrected chi connectivity index (χ1v) is 15.3. The van der Waals surface area contributed by atoms with Crippen LogP contribution in [-0.2, 0) is 4.79 Å². The molecular formula is C34H41ClFN5O2. The summed E-state index contributed by atoms with van der Waals surface area (Å²) in [5.74, 6) is 0.209. The molecule has 3 N–H and O–H groups in total. The van der Waals surface area contributed by atoms with Crippen LogP contribution in [0.3, 0.4) is 0 Å². The average molecular weight is 606 g/mol. The van der Waals surface area contributed by atoms with Crippen molar-refractivity contribution in [3.05, 3.63) is 77.1 Å². The Bertz CT molecular complexity index is 1560.